The molecule has 20 heavy (non-hydrogen) atoms. The molecule has 1 unspecified atom stereocenters. The smallest absolute Gasteiger partial charge is 0.0270 e. The fourth-order valence-corrected chi connectivity index (χ4v) is 3.30. The number of nitrogens with zero attached hydrogens (tertiary/aromatic N) is 2. The van der Waals surface area contributed by atoms with E-state index in [2.05, 4.69) is 41.3 Å². The molecule has 1 fully saturated rings. The van der Waals surface area contributed by atoms with Crippen LogP contribution in [0, 0.1) is 5.92 Å². The molecule has 0 aliphatic heterocycles. The molecule has 1 aromatic heterocycles. The Morgan fingerprint density at radius 1 is 1.30 bits per heavy atom. The zero-order valence-corrected chi connectivity index (χ0v) is 13.0. The van der Waals surface area contributed by atoms with Crippen LogP contribution in [0.25, 0.3) is 0 Å². The van der Waals surface area contributed by atoms with E-state index in [9.17, 15) is 0 Å². The van der Waals surface area contributed by atoms with Crippen molar-refractivity contribution in [3.05, 3.63) is 30.1 Å². The second-order valence-electron chi connectivity index (χ2n) is 6.08. The van der Waals surface area contributed by atoms with Crippen LogP contribution >= 0.6 is 0 Å². The molecule has 1 aliphatic rings. The Labute approximate surface area is 123 Å². The SMILES string of the molecule is CCNC(CN(C)CCc1ccncc1)C1CCCC1. The van der Waals surface area contributed by atoms with E-state index in [1.54, 1.807) is 0 Å². The molecule has 1 saturated carbocycles. The number of hydrogen-bond donors (Lipinski definition) is 1. The molecule has 1 aromatic rings. The third-order valence-corrected chi connectivity index (χ3v) is 4.48. The molecule has 0 radical (unpaired) electrons. The van der Waals surface area contributed by atoms with Gasteiger partial charge in [0.1, 0.15) is 0 Å². The van der Waals surface area contributed by atoms with E-state index >= 15 is 0 Å². The summed E-state index contributed by atoms with van der Waals surface area (Å²) in [5.41, 5.74) is 1.38. The first kappa shape index (κ1) is 15.5. The summed E-state index contributed by atoms with van der Waals surface area (Å²) < 4.78 is 0. The molecule has 0 saturated heterocycles. The Morgan fingerprint density at radius 3 is 2.65 bits per heavy atom. The summed E-state index contributed by atoms with van der Waals surface area (Å²) in [7, 11) is 2.25. The van der Waals surface area contributed by atoms with E-state index < -0.39 is 0 Å². The molecule has 3 heteroatoms. The molecule has 1 heterocycles. The van der Waals surface area contributed by atoms with Gasteiger partial charge in [0, 0.05) is 31.5 Å². The Morgan fingerprint density at radius 2 is 2.00 bits per heavy atom. The van der Waals surface area contributed by atoms with Gasteiger partial charge in [-0.15, -0.1) is 0 Å². The van der Waals surface area contributed by atoms with Gasteiger partial charge in [0.15, 0.2) is 0 Å². The maximum absolute atomic E-state index is 4.07. The van der Waals surface area contributed by atoms with Crippen molar-refractivity contribution in [1.29, 1.82) is 0 Å². The molecular formula is C17H29N3. The third kappa shape index (κ3) is 4.88. The average Bonchev–Trinajstić information content (AvgIpc) is 3.00. The third-order valence-electron chi connectivity index (χ3n) is 4.48. The van der Waals surface area contributed by atoms with Crippen molar-refractivity contribution >= 4 is 0 Å². The quantitative estimate of drug-likeness (QED) is 0.790. The molecule has 112 valence electrons. The summed E-state index contributed by atoms with van der Waals surface area (Å²) in [6, 6.07) is 4.91. The van der Waals surface area contributed by atoms with Crippen LogP contribution in [0.5, 0.6) is 0 Å². The lowest BCUT2D eigenvalue weighted by molar-refractivity contribution is 0.244. The highest BCUT2D eigenvalue weighted by Crippen LogP contribution is 2.28. The first-order chi connectivity index (χ1) is 9.79. The Balaban J connectivity index is 1.77. The molecule has 3 nitrogen and oxygen atoms in total. The Hall–Kier alpha value is -0.930. The van der Waals surface area contributed by atoms with Crippen LogP contribution in [0.4, 0.5) is 0 Å². The van der Waals surface area contributed by atoms with Crippen molar-refractivity contribution in [2.24, 2.45) is 5.92 Å². The van der Waals surface area contributed by atoms with Crippen LogP contribution in [0.3, 0.4) is 0 Å². The first-order valence-electron chi connectivity index (χ1n) is 8.10. The van der Waals surface area contributed by atoms with Crippen molar-refractivity contribution in [3.63, 3.8) is 0 Å². The summed E-state index contributed by atoms with van der Waals surface area (Å²) in [6.07, 6.45) is 10.6. The van der Waals surface area contributed by atoms with E-state index in [1.165, 1.54) is 37.8 Å². The highest BCUT2D eigenvalue weighted by Gasteiger charge is 2.25. The monoisotopic (exact) mass is 275 g/mol. The lowest BCUT2D eigenvalue weighted by atomic mass is 9.97. The predicted octanol–water partition coefficient (Wildman–Crippen LogP) is 2.72. The van der Waals surface area contributed by atoms with Crippen LogP contribution in [-0.4, -0.2) is 42.6 Å². The Kier molecular flexibility index (Phi) is 6.48. The molecule has 1 N–H and O–H groups in total. The molecular weight excluding hydrogens is 246 g/mol. The van der Waals surface area contributed by atoms with E-state index in [-0.39, 0.29) is 0 Å². The number of nitrogens with one attached hydrogen (secondary N) is 1. The van der Waals surface area contributed by atoms with Crippen molar-refractivity contribution < 1.29 is 0 Å². The molecule has 1 aliphatic carbocycles. The van der Waals surface area contributed by atoms with Crippen molar-refractivity contribution in [1.82, 2.24) is 15.2 Å². The van der Waals surface area contributed by atoms with Gasteiger partial charge in [0.05, 0.1) is 0 Å². The van der Waals surface area contributed by atoms with Crippen LogP contribution < -0.4 is 5.32 Å². The van der Waals surface area contributed by atoms with E-state index in [0.29, 0.717) is 6.04 Å². The van der Waals surface area contributed by atoms with Gasteiger partial charge in [-0.3, -0.25) is 4.98 Å². The van der Waals surface area contributed by atoms with Gasteiger partial charge in [-0.2, -0.15) is 0 Å². The lowest BCUT2D eigenvalue weighted by Crippen LogP contribution is -2.44. The molecule has 0 spiro atoms. The standard InChI is InChI=1S/C17H29N3/c1-3-19-17(16-6-4-5-7-16)14-20(2)13-10-15-8-11-18-12-9-15/h8-9,11-12,16-17,19H,3-7,10,13-14H2,1-2H3. The van der Waals surface area contributed by atoms with Crippen LogP contribution in [0.1, 0.15) is 38.2 Å². The van der Waals surface area contributed by atoms with E-state index in [4.69, 9.17) is 0 Å². The first-order valence-corrected chi connectivity index (χ1v) is 8.10. The second-order valence-corrected chi connectivity index (χ2v) is 6.08. The minimum atomic E-state index is 0.671. The van der Waals surface area contributed by atoms with Gasteiger partial charge >= 0.3 is 0 Å². The number of pyridine rings is 1. The largest absolute Gasteiger partial charge is 0.313 e. The second kappa shape index (κ2) is 8.38. The molecule has 0 aromatic carbocycles. The van der Waals surface area contributed by atoms with Gasteiger partial charge in [0.25, 0.3) is 0 Å². The maximum Gasteiger partial charge on any atom is 0.0270 e. The summed E-state index contributed by atoms with van der Waals surface area (Å²) in [5, 5.41) is 3.70. The van der Waals surface area contributed by atoms with E-state index in [0.717, 1.165) is 25.4 Å². The summed E-state index contributed by atoms with van der Waals surface area (Å²) in [5.74, 6) is 0.887. The van der Waals surface area contributed by atoms with Crippen molar-refractivity contribution in [3.8, 4) is 0 Å². The molecule has 0 amide bonds. The predicted molar refractivity (Wildman–Crippen MR) is 84.9 cm³/mol. The van der Waals surface area contributed by atoms with Gasteiger partial charge in [-0.25, -0.2) is 0 Å². The number of hydrogen-bond acceptors (Lipinski definition) is 3. The normalized spacial score (nSPS) is 17.8. The topological polar surface area (TPSA) is 28.2 Å². The minimum Gasteiger partial charge on any atom is -0.313 e. The summed E-state index contributed by atoms with van der Waals surface area (Å²) in [6.45, 7) is 5.60. The van der Waals surface area contributed by atoms with Gasteiger partial charge in [-0.1, -0.05) is 19.8 Å². The minimum absolute atomic E-state index is 0.671. The Bertz CT molecular complexity index is 360. The number of aromatic nitrogens is 1. The van der Waals surface area contributed by atoms with Gasteiger partial charge in [0.2, 0.25) is 0 Å². The van der Waals surface area contributed by atoms with Crippen LogP contribution in [0.2, 0.25) is 0 Å². The molecule has 2 rings (SSSR count). The van der Waals surface area contributed by atoms with Gasteiger partial charge in [-0.05, 0) is 56.5 Å². The zero-order chi connectivity index (χ0) is 14.2. The maximum atomic E-state index is 4.07. The summed E-state index contributed by atoms with van der Waals surface area (Å²) in [4.78, 5) is 6.55. The fraction of sp³-hybridized carbons (Fsp3) is 0.706. The average molecular weight is 275 g/mol. The van der Waals surface area contributed by atoms with Crippen molar-refractivity contribution in [2.45, 2.75) is 45.1 Å². The van der Waals surface area contributed by atoms with Crippen LogP contribution in [0.15, 0.2) is 24.5 Å². The lowest BCUT2D eigenvalue weighted by Gasteiger charge is -2.29. The van der Waals surface area contributed by atoms with Crippen LogP contribution in [-0.2, 0) is 6.42 Å². The zero-order valence-electron chi connectivity index (χ0n) is 13.0. The highest BCUT2D eigenvalue weighted by molar-refractivity contribution is 5.09. The molecule has 0 bridgehead atoms. The van der Waals surface area contributed by atoms with E-state index in [1.807, 2.05) is 12.4 Å². The number of rotatable bonds is 8. The number of likely N-dealkylation sites (N-methyl/N-ethyl adjacent to an activating group) is 2. The summed E-state index contributed by atoms with van der Waals surface area (Å²) >= 11 is 0. The van der Waals surface area contributed by atoms with Crippen molar-refractivity contribution in [2.75, 3.05) is 26.7 Å². The molecule has 1 atom stereocenters. The highest BCUT2D eigenvalue weighted by atomic mass is 15.1. The fourth-order valence-electron chi connectivity index (χ4n) is 3.30. The van der Waals surface area contributed by atoms with Gasteiger partial charge < -0.3 is 10.2 Å².